The molecule has 110 valence electrons. The summed E-state index contributed by atoms with van der Waals surface area (Å²) in [5.74, 6) is -0.0453. The molecule has 1 N–H and O–H groups in total. The molecule has 0 bridgehead atoms. The van der Waals surface area contributed by atoms with Gasteiger partial charge in [-0.25, -0.2) is 4.98 Å². The van der Waals surface area contributed by atoms with Crippen molar-refractivity contribution < 1.29 is 4.79 Å². The van der Waals surface area contributed by atoms with Crippen molar-refractivity contribution in [1.82, 2.24) is 19.6 Å². The fraction of sp³-hybridized carbons (Fsp3) is 0.500. The summed E-state index contributed by atoms with van der Waals surface area (Å²) in [7, 11) is 0. The number of hydrogen-bond donors (Lipinski definition) is 1. The van der Waals surface area contributed by atoms with Gasteiger partial charge in [-0.2, -0.15) is 0 Å². The van der Waals surface area contributed by atoms with Crippen LogP contribution in [-0.2, 0) is 0 Å². The number of nitrogens with one attached hydrogen (secondary N) is 1. The molecule has 0 saturated carbocycles. The van der Waals surface area contributed by atoms with Gasteiger partial charge in [-0.05, 0) is 37.9 Å². The number of piperidine rings is 1. The van der Waals surface area contributed by atoms with E-state index in [-0.39, 0.29) is 11.9 Å². The van der Waals surface area contributed by atoms with E-state index in [2.05, 4.69) is 15.2 Å². The van der Waals surface area contributed by atoms with Crippen LogP contribution in [0.15, 0.2) is 30.6 Å². The van der Waals surface area contributed by atoms with E-state index in [1.54, 1.807) is 6.20 Å². The highest BCUT2D eigenvalue weighted by molar-refractivity contribution is 5.93. The van der Waals surface area contributed by atoms with E-state index in [1.165, 1.54) is 25.8 Å². The highest BCUT2D eigenvalue weighted by Gasteiger charge is 2.36. The SMILES string of the molecule is O=C(N[C@@H]1CCN2CCCC[C@@H]12)c1cn2ccccc2n1. The van der Waals surface area contributed by atoms with Gasteiger partial charge in [0.15, 0.2) is 0 Å². The predicted octanol–water partition coefficient (Wildman–Crippen LogP) is 1.69. The monoisotopic (exact) mass is 284 g/mol. The van der Waals surface area contributed by atoms with Gasteiger partial charge < -0.3 is 9.72 Å². The van der Waals surface area contributed by atoms with E-state index < -0.39 is 0 Å². The highest BCUT2D eigenvalue weighted by atomic mass is 16.2. The minimum Gasteiger partial charge on any atom is -0.346 e. The molecule has 2 atom stereocenters. The molecule has 2 aliphatic rings. The van der Waals surface area contributed by atoms with Gasteiger partial charge >= 0.3 is 0 Å². The van der Waals surface area contributed by atoms with Crippen LogP contribution in [0.3, 0.4) is 0 Å². The zero-order valence-electron chi connectivity index (χ0n) is 12.0. The molecule has 0 aromatic carbocycles. The molecule has 0 aliphatic carbocycles. The van der Waals surface area contributed by atoms with Crippen molar-refractivity contribution in [2.75, 3.05) is 13.1 Å². The third kappa shape index (κ3) is 2.31. The highest BCUT2D eigenvalue weighted by Crippen LogP contribution is 2.27. The minimum absolute atomic E-state index is 0.0453. The Morgan fingerprint density at radius 3 is 3.10 bits per heavy atom. The van der Waals surface area contributed by atoms with Crippen LogP contribution in [0, 0.1) is 0 Å². The third-order valence-corrected chi connectivity index (χ3v) is 4.77. The molecular formula is C16H20N4O. The molecule has 4 heterocycles. The lowest BCUT2D eigenvalue weighted by Crippen LogP contribution is -2.46. The molecule has 5 nitrogen and oxygen atoms in total. The number of carbonyl (C=O) groups is 1. The fourth-order valence-electron chi connectivity index (χ4n) is 3.70. The Morgan fingerprint density at radius 2 is 2.19 bits per heavy atom. The summed E-state index contributed by atoms with van der Waals surface area (Å²) >= 11 is 0. The van der Waals surface area contributed by atoms with Crippen molar-refractivity contribution in [2.24, 2.45) is 0 Å². The molecule has 2 saturated heterocycles. The lowest BCUT2D eigenvalue weighted by molar-refractivity contribution is 0.0911. The van der Waals surface area contributed by atoms with E-state index in [0.717, 1.165) is 18.6 Å². The Bertz CT molecular complexity index is 632. The lowest BCUT2D eigenvalue weighted by atomic mass is 9.99. The Kier molecular flexibility index (Phi) is 3.15. The van der Waals surface area contributed by atoms with Crippen molar-refractivity contribution in [1.29, 1.82) is 0 Å². The maximum absolute atomic E-state index is 12.4. The quantitative estimate of drug-likeness (QED) is 0.913. The maximum atomic E-state index is 12.4. The maximum Gasteiger partial charge on any atom is 0.271 e. The standard InChI is InChI=1S/C16H20N4O/c21-16(13-11-20-9-4-2-6-15(20)17-13)18-12-7-10-19-8-3-1-5-14(12)19/h2,4,6,9,11-12,14H,1,3,5,7-8,10H2,(H,18,21)/t12-,14+/m1/s1. The van der Waals surface area contributed by atoms with Crippen LogP contribution in [0.5, 0.6) is 0 Å². The summed E-state index contributed by atoms with van der Waals surface area (Å²) in [4.78, 5) is 19.4. The summed E-state index contributed by atoms with van der Waals surface area (Å²) in [5.41, 5.74) is 1.32. The number of imidazole rings is 1. The molecule has 0 unspecified atom stereocenters. The van der Waals surface area contributed by atoms with Crippen LogP contribution in [0.1, 0.15) is 36.2 Å². The molecule has 21 heavy (non-hydrogen) atoms. The van der Waals surface area contributed by atoms with Crippen molar-refractivity contribution in [3.8, 4) is 0 Å². The molecule has 5 heteroatoms. The van der Waals surface area contributed by atoms with Gasteiger partial charge in [0.1, 0.15) is 11.3 Å². The van der Waals surface area contributed by atoms with Crippen molar-refractivity contribution in [3.05, 3.63) is 36.3 Å². The first-order valence-electron chi connectivity index (χ1n) is 7.80. The molecule has 2 aliphatic heterocycles. The molecule has 1 amide bonds. The van der Waals surface area contributed by atoms with Gasteiger partial charge in [0, 0.05) is 31.0 Å². The van der Waals surface area contributed by atoms with Crippen LogP contribution in [0.2, 0.25) is 0 Å². The predicted molar refractivity (Wildman–Crippen MR) is 80.3 cm³/mol. The first-order chi connectivity index (χ1) is 10.3. The Hall–Kier alpha value is -1.88. The van der Waals surface area contributed by atoms with Gasteiger partial charge in [-0.1, -0.05) is 12.5 Å². The number of hydrogen-bond acceptors (Lipinski definition) is 3. The smallest absolute Gasteiger partial charge is 0.271 e. The molecule has 2 aromatic rings. The van der Waals surface area contributed by atoms with Crippen molar-refractivity contribution >= 4 is 11.6 Å². The second-order valence-corrected chi connectivity index (χ2v) is 6.06. The van der Waals surface area contributed by atoms with Crippen molar-refractivity contribution in [3.63, 3.8) is 0 Å². The van der Waals surface area contributed by atoms with Crippen LogP contribution >= 0.6 is 0 Å². The molecular weight excluding hydrogens is 264 g/mol. The number of aromatic nitrogens is 2. The summed E-state index contributed by atoms with van der Waals surface area (Å²) in [6, 6.07) is 6.59. The van der Waals surface area contributed by atoms with E-state index in [9.17, 15) is 4.79 Å². The molecule has 2 fully saturated rings. The van der Waals surface area contributed by atoms with Gasteiger partial charge in [0.2, 0.25) is 0 Å². The van der Waals surface area contributed by atoms with Gasteiger partial charge in [0.25, 0.3) is 5.91 Å². The molecule has 0 radical (unpaired) electrons. The first-order valence-corrected chi connectivity index (χ1v) is 7.80. The summed E-state index contributed by atoms with van der Waals surface area (Å²) < 4.78 is 1.89. The molecule has 2 aromatic heterocycles. The number of carbonyl (C=O) groups excluding carboxylic acids is 1. The number of fused-ring (bicyclic) bond motifs is 2. The summed E-state index contributed by atoms with van der Waals surface area (Å²) in [6.07, 6.45) is 8.56. The normalized spacial score (nSPS) is 25.9. The summed E-state index contributed by atoms with van der Waals surface area (Å²) in [6.45, 7) is 2.30. The topological polar surface area (TPSA) is 49.6 Å². The van der Waals surface area contributed by atoms with Crippen LogP contribution in [-0.4, -0.2) is 45.4 Å². The average molecular weight is 284 g/mol. The third-order valence-electron chi connectivity index (χ3n) is 4.77. The van der Waals surface area contributed by atoms with Crippen LogP contribution < -0.4 is 5.32 Å². The van der Waals surface area contributed by atoms with Crippen LogP contribution in [0.25, 0.3) is 5.65 Å². The number of pyridine rings is 1. The number of nitrogens with zero attached hydrogens (tertiary/aromatic N) is 3. The second kappa shape index (κ2) is 5.15. The van der Waals surface area contributed by atoms with E-state index in [4.69, 9.17) is 0 Å². The second-order valence-electron chi connectivity index (χ2n) is 6.06. The Morgan fingerprint density at radius 1 is 1.24 bits per heavy atom. The average Bonchev–Trinajstić information content (AvgIpc) is 3.11. The first kappa shape index (κ1) is 12.8. The van der Waals surface area contributed by atoms with E-state index in [0.29, 0.717) is 11.7 Å². The Labute approximate surface area is 124 Å². The van der Waals surface area contributed by atoms with Crippen molar-refractivity contribution in [2.45, 2.75) is 37.8 Å². The number of rotatable bonds is 2. The largest absolute Gasteiger partial charge is 0.346 e. The van der Waals surface area contributed by atoms with Gasteiger partial charge in [-0.3, -0.25) is 9.69 Å². The zero-order chi connectivity index (χ0) is 14.2. The zero-order valence-corrected chi connectivity index (χ0v) is 12.0. The summed E-state index contributed by atoms with van der Waals surface area (Å²) in [5, 5.41) is 3.20. The number of amides is 1. The molecule has 4 rings (SSSR count). The van der Waals surface area contributed by atoms with Gasteiger partial charge in [-0.15, -0.1) is 0 Å². The van der Waals surface area contributed by atoms with Gasteiger partial charge in [0.05, 0.1) is 0 Å². The molecule has 0 spiro atoms. The minimum atomic E-state index is -0.0453. The fourth-order valence-corrected chi connectivity index (χ4v) is 3.70. The van der Waals surface area contributed by atoms with E-state index in [1.807, 2.05) is 28.8 Å². The van der Waals surface area contributed by atoms with Crippen LogP contribution in [0.4, 0.5) is 0 Å². The van der Waals surface area contributed by atoms with E-state index >= 15 is 0 Å². The lowest BCUT2D eigenvalue weighted by Gasteiger charge is -2.32. The Balaban J connectivity index is 1.50.